The zero-order valence-electron chi connectivity index (χ0n) is 11.5. The summed E-state index contributed by atoms with van der Waals surface area (Å²) in [5, 5.41) is 0. The Labute approximate surface area is 118 Å². The van der Waals surface area contributed by atoms with Gasteiger partial charge in [-0.05, 0) is 31.5 Å². The molecule has 0 saturated carbocycles. The Morgan fingerprint density at radius 3 is 2.75 bits per heavy atom. The van der Waals surface area contributed by atoms with Gasteiger partial charge in [0.2, 0.25) is 10.0 Å². The van der Waals surface area contributed by atoms with Gasteiger partial charge in [0, 0.05) is 25.8 Å². The van der Waals surface area contributed by atoms with Crippen LogP contribution >= 0.6 is 0 Å². The van der Waals surface area contributed by atoms with Gasteiger partial charge in [-0.1, -0.05) is 0 Å². The van der Waals surface area contributed by atoms with Crippen molar-refractivity contribution in [1.82, 2.24) is 4.31 Å². The lowest BCUT2D eigenvalue weighted by Gasteiger charge is -2.26. The first-order valence-electron chi connectivity index (χ1n) is 6.46. The Morgan fingerprint density at radius 2 is 2.20 bits per heavy atom. The van der Waals surface area contributed by atoms with Gasteiger partial charge >= 0.3 is 0 Å². The summed E-state index contributed by atoms with van der Waals surface area (Å²) in [6.45, 7) is 2.35. The molecule has 20 heavy (non-hydrogen) atoms. The molecule has 0 aliphatic carbocycles. The molecule has 1 aliphatic heterocycles. The smallest absolute Gasteiger partial charge is 0.243 e. The van der Waals surface area contributed by atoms with Gasteiger partial charge in [-0.25, -0.2) is 12.8 Å². The van der Waals surface area contributed by atoms with E-state index in [1.165, 1.54) is 23.5 Å². The fourth-order valence-corrected chi connectivity index (χ4v) is 3.91. The summed E-state index contributed by atoms with van der Waals surface area (Å²) in [6.07, 6.45) is 0.506. The largest absolute Gasteiger partial charge is 0.377 e. The maximum absolute atomic E-state index is 13.4. The second-order valence-corrected chi connectivity index (χ2v) is 6.91. The third kappa shape index (κ3) is 2.71. The van der Waals surface area contributed by atoms with Crippen LogP contribution in [0.25, 0.3) is 0 Å². The molecule has 2 atom stereocenters. The first kappa shape index (κ1) is 15.4. The second-order valence-electron chi connectivity index (χ2n) is 4.91. The van der Waals surface area contributed by atoms with E-state index in [9.17, 15) is 12.8 Å². The number of nitrogens with two attached hydrogens (primary N) is 1. The number of sulfonamides is 1. The molecular formula is C13H19FN2O3S. The summed E-state index contributed by atoms with van der Waals surface area (Å²) in [6, 6.07) is 3.49. The fourth-order valence-electron chi connectivity index (χ4n) is 2.41. The number of ether oxygens (including phenoxy) is 1. The van der Waals surface area contributed by atoms with Gasteiger partial charge in [-0.2, -0.15) is 4.31 Å². The van der Waals surface area contributed by atoms with E-state index >= 15 is 0 Å². The van der Waals surface area contributed by atoms with E-state index < -0.39 is 15.8 Å². The van der Waals surface area contributed by atoms with Crippen molar-refractivity contribution in [2.45, 2.75) is 36.9 Å². The Bertz CT molecular complexity index is 591. The number of likely N-dealkylation sites (N-methyl/N-ethyl adjacent to an activating group) is 1. The lowest BCUT2D eigenvalue weighted by molar-refractivity contribution is 0.102. The van der Waals surface area contributed by atoms with Crippen molar-refractivity contribution >= 4 is 10.0 Å². The van der Waals surface area contributed by atoms with Crippen molar-refractivity contribution in [1.29, 1.82) is 0 Å². The molecule has 1 saturated heterocycles. The highest BCUT2D eigenvalue weighted by Crippen LogP contribution is 2.25. The van der Waals surface area contributed by atoms with Gasteiger partial charge in [-0.3, -0.25) is 0 Å². The van der Waals surface area contributed by atoms with Crippen molar-refractivity contribution in [2.75, 3.05) is 13.7 Å². The van der Waals surface area contributed by atoms with Gasteiger partial charge in [0.15, 0.2) is 0 Å². The van der Waals surface area contributed by atoms with E-state index in [2.05, 4.69) is 0 Å². The summed E-state index contributed by atoms with van der Waals surface area (Å²) >= 11 is 0. The van der Waals surface area contributed by atoms with Gasteiger partial charge in [-0.15, -0.1) is 0 Å². The van der Waals surface area contributed by atoms with Crippen molar-refractivity contribution in [3.05, 3.63) is 29.6 Å². The third-order valence-electron chi connectivity index (χ3n) is 3.72. The molecule has 1 aromatic rings. The van der Waals surface area contributed by atoms with Crippen LogP contribution in [0.15, 0.2) is 23.1 Å². The molecular weight excluding hydrogens is 283 g/mol. The van der Waals surface area contributed by atoms with Crippen LogP contribution in [0.1, 0.15) is 18.9 Å². The number of hydrogen-bond acceptors (Lipinski definition) is 4. The van der Waals surface area contributed by atoms with E-state index in [1.54, 1.807) is 0 Å². The lowest BCUT2D eigenvalue weighted by atomic mass is 10.2. The summed E-state index contributed by atoms with van der Waals surface area (Å²) in [5.74, 6) is -0.494. The standard InChI is InChI=1S/C13H19FN2O3S/c1-9-13(5-6-19-9)16(2)20(17,18)11-3-4-12(14)10(7-11)8-15/h3-4,7,9,13H,5-6,8,15H2,1-2H3. The molecule has 7 heteroatoms. The topological polar surface area (TPSA) is 72.6 Å². The average molecular weight is 302 g/mol. The van der Waals surface area contributed by atoms with Crippen LogP contribution < -0.4 is 5.73 Å². The number of benzene rings is 1. The molecule has 1 aliphatic rings. The minimum atomic E-state index is -3.67. The van der Waals surface area contributed by atoms with Crippen LogP contribution in [0, 0.1) is 5.82 Å². The minimum absolute atomic E-state index is 0.0398. The zero-order valence-corrected chi connectivity index (χ0v) is 12.4. The van der Waals surface area contributed by atoms with E-state index in [4.69, 9.17) is 10.5 Å². The van der Waals surface area contributed by atoms with Crippen LogP contribution in [0.5, 0.6) is 0 Å². The maximum Gasteiger partial charge on any atom is 0.243 e. The molecule has 2 unspecified atom stereocenters. The van der Waals surface area contributed by atoms with E-state index in [0.717, 1.165) is 6.07 Å². The summed E-state index contributed by atoms with van der Waals surface area (Å²) < 4.78 is 45.2. The maximum atomic E-state index is 13.4. The van der Waals surface area contributed by atoms with Crippen molar-refractivity contribution in [3.8, 4) is 0 Å². The van der Waals surface area contributed by atoms with Crippen LogP contribution in [0.2, 0.25) is 0 Å². The van der Waals surface area contributed by atoms with E-state index in [0.29, 0.717) is 13.0 Å². The quantitative estimate of drug-likeness (QED) is 0.903. The Morgan fingerprint density at radius 1 is 1.50 bits per heavy atom. The number of halogens is 1. The van der Waals surface area contributed by atoms with Gasteiger partial charge in [0.05, 0.1) is 17.0 Å². The normalized spacial score (nSPS) is 23.4. The number of rotatable bonds is 4. The van der Waals surface area contributed by atoms with Crippen molar-refractivity contribution in [2.24, 2.45) is 5.73 Å². The molecule has 0 amide bonds. The van der Waals surface area contributed by atoms with Crippen molar-refractivity contribution in [3.63, 3.8) is 0 Å². The predicted octanol–water partition coefficient (Wildman–Crippen LogP) is 1.08. The SMILES string of the molecule is CC1OCCC1N(C)S(=O)(=O)c1ccc(F)c(CN)c1. The number of nitrogens with zero attached hydrogens (tertiary/aromatic N) is 1. The van der Waals surface area contributed by atoms with Crippen LogP contribution in [0.3, 0.4) is 0 Å². The molecule has 2 N–H and O–H groups in total. The summed E-state index contributed by atoms with van der Waals surface area (Å²) in [5.41, 5.74) is 5.60. The van der Waals surface area contributed by atoms with Gasteiger partial charge < -0.3 is 10.5 Å². The molecule has 0 bridgehead atoms. The monoisotopic (exact) mass is 302 g/mol. The van der Waals surface area contributed by atoms with Crippen molar-refractivity contribution < 1.29 is 17.5 Å². The first-order valence-corrected chi connectivity index (χ1v) is 7.90. The first-order chi connectivity index (χ1) is 9.37. The highest BCUT2D eigenvalue weighted by molar-refractivity contribution is 7.89. The average Bonchev–Trinajstić information content (AvgIpc) is 2.84. The Kier molecular flexibility index (Phi) is 4.43. The molecule has 1 fully saturated rings. The minimum Gasteiger partial charge on any atom is -0.377 e. The van der Waals surface area contributed by atoms with Crippen LogP contribution in [0.4, 0.5) is 4.39 Å². The summed E-state index contributed by atoms with van der Waals surface area (Å²) in [7, 11) is -2.15. The molecule has 1 heterocycles. The number of hydrogen-bond donors (Lipinski definition) is 1. The van der Waals surface area contributed by atoms with Gasteiger partial charge in [0.25, 0.3) is 0 Å². The molecule has 2 rings (SSSR count). The molecule has 112 valence electrons. The van der Waals surface area contributed by atoms with E-state index in [-0.39, 0.29) is 29.1 Å². The summed E-state index contributed by atoms with van der Waals surface area (Å²) in [4.78, 5) is 0.0564. The van der Waals surface area contributed by atoms with E-state index in [1.807, 2.05) is 6.92 Å². The molecule has 0 aromatic heterocycles. The highest BCUT2D eigenvalue weighted by atomic mass is 32.2. The van der Waals surface area contributed by atoms with Gasteiger partial charge in [0.1, 0.15) is 5.82 Å². The molecule has 0 radical (unpaired) electrons. The Hall–Kier alpha value is -1.02. The predicted molar refractivity (Wildman–Crippen MR) is 73.1 cm³/mol. The van der Waals surface area contributed by atoms with Crippen LogP contribution in [-0.2, 0) is 21.3 Å². The lowest BCUT2D eigenvalue weighted by Crippen LogP contribution is -2.40. The third-order valence-corrected chi connectivity index (χ3v) is 5.60. The van der Waals surface area contributed by atoms with Crippen LogP contribution in [-0.4, -0.2) is 38.5 Å². The fraction of sp³-hybridized carbons (Fsp3) is 0.538. The Balaban J connectivity index is 2.34. The highest BCUT2D eigenvalue weighted by Gasteiger charge is 2.35. The molecule has 1 aromatic carbocycles. The second kappa shape index (κ2) is 5.77. The molecule has 0 spiro atoms. The zero-order chi connectivity index (χ0) is 14.9. The molecule has 5 nitrogen and oxygen atoms in total.